The van der Waals surface area contributed by atoms with Crippen LogP contribution in [0.5, 0.6) is 0 Å². The highest BCUT2D eigenvalue weighted by molar-refractivity contribution is 14.1. The quantitative estimate of drug-likeness (QED) is 0.858. The zero-order chi connectivity index (χ0) is 11.7. The van der Waals surface area contributed by atoms with E-state index in [2.05, 4.69) is 32.7 Å². The number of rotatable bonds is 2. The van der Waals surface area contributed by atoms with Crippen LogP contribution in [-0.2, 0) is 0 Å². The summed E-state index contributed by atoms with van der Waals surface area (Å²) < 4.78 is 15.3. The summed E-state index contributed by atoms with van der Waals surface area (Å²) in [6, 6.07) is 2.90. The Kier molecular flexibility index (Phi) is 3.08. The third-order valence-corrected chi connectivity index (χ3v) is 3.16. The van der Waals surface area contributed by atoms with Gasteiger partial charge >= 0.3 is 0 Å². The molecule has 0 saturated heterocycles. The van der Waals surface area contributed by atoms with E-state index >= 15 is 0 Å². The van der Waals surface area contributed by atoms with E-state index < -0.39 is 0 Å². The number of anilines is 1. The molecule has 2 aromatic rings. The highest BCUT2D eigenvalue weighted by Gasteiger charge is 2.14. The van der Waals surface area contributed by atoms with Crippen molar-refractivity contribution in [1.29, 1.82) is 0 Å². The molecule has 0 aromatic carbocycles. The minimum absolute atomic E-state index is 0.107. The van der Waals surface area contributed by atoms with Gasteiger partial charge in [0.2, 0.25) is 0 Å². The number of hydrogen-bond donors (Lipinski definition) is 1. The largest absolute Gasteiger partial charge is 0.383 e. The molecule has 0 radical (unpaired) electrons. The van der Waals surface area contributed by atoms with E-state index in [0.29, 0.717) is 5.82 Å². The van der Waals surface area contributed by atoms with Gasteiger partial charge in [-0.05, 0) is 41.6 Å². The van der Waals surface area contributed by atoms with Crippen LogP contribution in [0.4, 0.5) is 10.2 Å². The Morgan fingerprint density at radius 1 is 1.44 bits per heavy atom. The van der Waals surface area contributed by atoms with E-state index in [1.54, 1.807) is 16.9 Å². The fourth-order valence-corrected chi connectivity index (χ4v) is 1.79. The number of pyridine rings is 1. The number of aromatic nitrogens is 3. The molecule has 2 rings (SSSR count). The minimum Gasteiger partial charge on any atom is -0.383 e. The number of nitrogen functional groups attached to an aromatic ring is 1. The lowest BCUT2D eigenvalue weighted by molar-refractivity contribution is 0.552. The first-order chi connectivity index (χ1) is 7.59. The number of halogens is 2. The third kappa shape index (κ3) is 2.01. The van der Waals surface area contributed by atoms with Gasteiger partial charge in [0.05, 0.1) is 27.7 Å². The van der Waals surface area contributed by atoms with Crippen molar-refractivity contribution in [1.82, 2.24) is 14.8 Å². The van der Waals surface area contributed by atoms with Gasteiger partial charge in [-0.2, -0.15) is 5.10 Å². The van der Waals surface area contributed by atoms with Gasteiger partial charge in [0, 0.05) is 0 Å². The van der Waals surface area contributed by atoms with Crippen molar-refractivity contribution >= 4 is 28.4 Å². The molecule has 84 valence electrons. The van der Waals surface area contributed by atoms with Gasteiger partial charge in [0.25, 0.3) is 0 Å². The average molecular weight is 332 g/mol. The summed E-state index contributed by atoms with van der Waals surface area (Å²) >= 11 is 2.11. The molecule has 0 fully saturated rings. The summed E-state index contributed by atoms with van der Waals surface area (Å²) in [7, 11) is 0. The van der Waals surface area contributed by atoms with E-state index in [1.807, 2.05) is 6.92 Å². The molecular formula is C10H10FIN4. The van der Waals surface area contributed by atoms with E-state index in [9.17, 15) is 4.39 Å². The second-order valence-corrected chi connectivity index (χ2v) is 4.56. The lowest BCUT2D eigenvalue weighted by atomic mass is 10.2. The van der Waals surface area contributed by atoms with Crippen molar-refractivity contribution in [3.8, 4) is 0 Å². The van der Waals surface area contributed by atoms with Crippen LogP contribution >= 0.6 is 22.6 Å². The van der Waals surface area contributed by atoms with E-state index in [4.69, 9.17) is 5.73 Å². The molecule has 0 amide bonds. The van der Waals surface area contributed by atoms with Crippen molar-refractivity contribution in [2.75, 3.05) is 5.73 Å². The van der Waals surface area contributed by atoms with Crippen LogP contribution in [0.15, 0.2) is 24.5 Å². The van der Waals surface area contributed by atoms with Gasteiger partial charge in [-0.3, -0.25) is 4.98 Å². The van der Waals surface area contributed by atoms with Crippen molar-refractivity contribution in [2.24, 2.45) is 0 Å². The zero-order valence-electron chi connectivity index (χ0n) is 8.56. The van der Waals surface area contributed by atoms with Crippen molar-refractivity contribution < 1.29 is 4.39 Å². The Labute approximate surface area is 106 Å². The zero-order valence-corrected chi connectivity index (χ0v) is 10.7. The van der Waals surface area contributed by atoms with E-state index in [1.165, 1.54) is 12.3 Å². The average Bonchev–Trinajstić information content (AvgIpc) is 2.60. The Morgan fingerprint density at radius 2 is 2.19 bits per heavy atom. The Morgan fingerprint density at radius 3 is 2.69 bits per heavy atom. The normalized spacial score (nSPS) is 12.7. The summed E-state index contributed by atoms with van der Waals surface area (Å²) in [6.45, 7) is 1.92. The monoisotopic (exact) mass is 332 g/mol. The Hall–Kier alpha value is -1.18. The lowest BCUT2D eigenvalue weighted by Gasteiger charge is -2.13. The van der Waals surface area contributed by atoms with Gasteiger partial charge in [-0.1, -0.05) is 0 Å². The van der Waals surface area contributed by atoms with Gasteiger partial charge in [-0.15, -0.1) is 0 Å². The molecule has 2 heterocycles. The topological polar surface area (TPSA) is 56.7 Å². The first-order valence-electron chi connectivity index (χ1n) is 4.69. The predicted molar refractivity (Wildman–Crippen MR) is 67.4 cm³/mol. The minimum atomic E-state index is -0.348. The van der Waals surface area contributed by atoms with Gasteiger partial charge in [0.1, 0.15) is 11.6 Å². The molecule has 0 aliphatic heterocycles. The van der Waals surface area contributed by atoms with Crippen molar-refractivity contribution in [3.63, 3.8) is 0 Å². The first-order valence-corrected chi connectivity index (χ1v) is 5.77. The van der Waals surface area contributed by atoms with Crippen LogP contribution in [-0.4, -0.2) is 14.8 Å². The molecule has 2 N–H and O–H groups in total. The fourth-order valence-electron chi connectivity index (χ4n) is 1.42. The molecule has 1 atom stereocenters. The third-order valence-electron chi connectivity index (χ3n) is 2.33. The molecule has 0 aliphatic carbocycles. The number of nitrogens with zero attached hydrogens (tertiary/aromatic N) is 3. The highest BCUT2D eigenvalue weighted by atomic mass is 127. The fraction of sp³-hybridized carbons (Fsp3) is 0.200. The number of hydrogen-bond acceptors (Lipinski definition) is 3. The van der Waals surface area contributed by atoms with Crippen LogP contribution < -0.4 is 5.73 Å². The first kappa shape index (κ1) is 11.3. The van der Waals surface area contributed by atoms with Crippen LogP contribution in [0.2, 0.25) is 0 Å². The predicted octanol–water partition coefficient (Wildman–Crippen LogP) is 2.21. The molecular weight excluding hydrogens is 322 g/mol. The molecule has 6 heteroatoms. The SMILES string of the molecule is CC(c1ccc(F)cn1)n1ncc(I)c1N. The molecule has 4 nitrogen and oxygen atoms in total. The lowest BCUT2D eigenvalue weighted by Crippen LogP contribution is -2.13. The maximum absolute atomic E-state index is 12.7. The molecule has 0 bridgehead atoms. The molecule has 0 aliphatic rings. The van der Waals surface area contributed by atoms with Crippen molar-refractivity contribution in [3.05, 3.63) is 39.6 Å². The summed E-state index contributed by atoms with van der Waals surface area (Å²) in [6.07, 6.45) is 2.88. The maximum atomic E-state index is 12.7. The van der Waals surface area contributed by atoms with Crippen LogP contribution in [0.3, 0.4) is 0 Å². The number of nitrogens with two attached hydrogens (primary N) is 1. The van der Waals surface area contributed by atoms with Crippen LogP contribution in [0.25, 0.3) is 0 Å². The molecule has 0 saturated carbocycles. The summed E-state index contributed by atoms with van der Waals surface area (Å²) in [5.41, 5.74) is 6.59. The molecule has 16 heavy (non-hydrogen) atoms. The van der Waals surface area contributed by atoms with Crippen LogP contribution in [0, 0.1) is 9.39 Å². The Bertz CT molecular complexity index is 494. The molecule has 2 aromatic heterocycles. The van der Waals surface area contributed by atoms with Crippen LogP contribution in [0.1, 0.15) is 18.7 Å². The standard InChI is InChI=1S/C10H10FIN4/c1-6(9-3-2-7(11)4-14-9)16-10(13)8(12)5-15-16/h2-6H,13H2,1H3. The second kappa shape index (κ2) is 4.36. The van der Waals surface area contributed by atoms with Gasteiger partial charge in [0.15, 0.2) is 0 Å². The summed E-state index contributed by atoms with van der Waals surface area (Å²) in [5, 5.41) is 4.16. The summed E-state index contributed by atoms with van der Waals surface area (Å²) in [5.74, 6) is 0.248. The van der Waals surface area contributed by atoms with E-state index in [0.717, 1.165) is 9.26 Å². The molecule has 1 unspecified atom stereocenters. The second-order valence-electron chi connectivity index (χ2n) is 3.40. The van der Waals surface area contributed by atoms with Gasteiger partial charge < -0.3 is 5.73 Å². The van der Waals surface area contributed by atoms with Gasteiger partial charge in [-0.25, -0.2) is 9.07 Å². The molecule has 0 spiro atoms. The Balaban J connectivity index is 2.35. The van der Waals surface area contributed by atoms with Crippen molar-refractivity contribution in [2.45, 2.75) is 13.0 Å². The summed E-state index contributed by atoms with van der Waals surface area (Å²) in [4.78, 5) is 4.01. The maximum Gasteiger partial charge on any atom is 0.141 e. The smallest absolute Gasteiger partial charge is 0.141 e. The highest BCUT2D eigenvalue weighted by Crippen LogP contribution is 2.22. The van der Waals surface area contributed by atoms with E-state index in [-0.39, 0.29) is 11.9 Å².